The summed E-state index contributed by atoms with van der Waals surface area (Å²) < 4.78 is 0. The van der Waals surface area contributed by atoms with Gasteiger partial charge in [-0.25, -0.2) is 4.98 Å². The maximum Gasteiger partial charge on any atom is 0.251 e. The third kappa shape index (κ3) is 4.85. The number of hydrogen-bond donors (Lipinski definition) is 1. The van der Waals surface area contributed by atoms with Gasteiger partial charge in [-0.2, -0.15) is 0 Å². The zero-order chi connectivity index (χ0) is 20.8. The van der Waals surface area contributed by atoms with Crippen molar-refractivity contribution in [3.63, 3.8) is 0 Å². The van der Waals surface area contributed by atoms with E-state index < -0.39 is 0 Å². The van der Waals surface area contributed by atoms with Gasteiger partial charge in [0.2, 0.25) is 0 Å². The molecule has 4 aromatic rings. The van der Waals surface area contributed by atoms with Crippen LogP contribution in [0.3, 0.4) is 0 Å². The molecule has 0 radical (unpaired) electrons. The zero-order valence-corrected chi connectivity index (χ0v) is 17.0. The highest BCUT2D eigenvalue weighted by atomic mass is 35.5. The Bertz CT molecular complexity index is 1140. The first-order chi connectivity index (χ1) is 14.7. The Hall–Kier alpha value is -3.63. The molecule has 148 valence electrons. The van der Waals surface area contributed by atoms with Crippen LogP contribution in [-0.4, -0.2) is 15.9 Å². The third-order valence-corrected chi connectivity index (χ3v) is 4.94. The van der Waals surface area contributed by atoms with Gasteiger partial charge in [-0.05, 0) is 47.0 Å². The van der Waals surface area contributed by atoms with E-state index in [9.17, 15) is 4.79 Å². The van der Waals surface area contributed by atoms with E-state index in [-0.39, 0.29) is 5.91 Å². The van der Waals surface area contributed by atoms with Crippen LogP contribution in [0.15, 0.2) is 97.5 Å². The van der Waals surface area contributed by atoms with Crippen molar-refractivity contribution in [3.05, 3.63) is 114 Å². The first kappa shape index (κ1) is 19.7. The molecule has 0 fully saturated rings. The molecule has 30 heavy (non-hydrogen) atoms. The van der Waals surface area contributed by atoms with Gasteiger partial charge in [-0.15, -0.1) is 0 Å². The largest absolute Gasteiger partial charge is 0.345 e. The maximum atomic E-state index is 13.1. The summed E-state index contributed by atoms with van der Waals surface area (Å²) in [5, 5.41) is 0.648. The van der Waals surface area contributed by atoms with Gasteiger partial charge in [-0.1, -0.05) is 66.2 Å². The molecule has 4 nitrogen and oxygen atoms in total. The highest BCUT2D eigenvalue weighted by Gasteiger charge is 2.15. The van der Waals surface area contributed by atoms with Crippen molar-refractivity contribution >= 4 is 29.3 Å². The Morgan fingerprint density at radius 3 is 2.50 bits per heavy atom. The highest BCUT2D eigenvalue weighted by molar-refractivity contribution is 6.30. The lowest BCUT2D eigenvalue weighted by atomic mass is 10.1. The molecule has 0 atom stereocenters. The number of nitrogens with one attached hydrogen (secondary N) is 1. The second-order valence-corrected chi connectivity index (χ2v) is 7.25. The number of nitrogens with zero attached hydrogens (tertiary/aromatic N) is 2. The molecule has 0 aliphatic heterocycles. The Labute approximate surface area is 180 Å². The van der Waals surface area contributed by atoms with Crippen molar-refractivity contribution < 1.29 is 4.79 Å². The molecule has 0 aliphatic carbocycles. The molecule has 1 N–H and O–H groups in total. The minimum atomic E-state index is -0.104. The van der Waals surface area contributed by atoms with Crippen molar-refractivity contribution in [2.45, 2.75) is 6.54 Å². The number of aromatic nitrogens is 2. The molecule has 0 spiro atoms. The standard InChI is InChI=1S/C25H20ClN3O/c26-22-8-4-7-20(15-22)17-29(25(30)14-9-19-5-2-1-3-6-19)23-12-10-21(11-13-23)24-16-27-18-28-24/h1-16,18H,17H2,(H,27,28). The fraction of sp³-hybridized carbons (Fsp3) is 0.0400. The van der Waals surface area contributed by atoms with Gasteiger partial charge in [0, 0.05) is 16.8 Å². The molecule has 1 aromatic heterocycles. The van der Waals surface area contributed by atoms with Gasteiger partial charge in [0.05, 0.1) is 24.8 Å². The minimum Gasteiger partial charge on any atom is -0.345 e. The van der Waals surface area contributed by atoms with Crippen LogP contribution in [0.2, 0.25) is 5.02 Å². The predicted octanol–water partition coefficient (Wildman–Crippen LogP) is 5.98. The van der Waals surface area contributed by atoms with Crippen LogP contribution in [0.1, 0.15) is 11.1 Å². The van der Waals surface area contributed by atoms with Gasteiger partial charge in [0.1, 0.15) is 0 Å². The molecule has 0 saturated heterocycles. The summed E-state index contributed by atoms with van der Waals surface area (Å²) >= 11 is 6.15. The first-order valence-corrected chi connectivity index (χ1v) is 9.95. The number of amides is 1. The Morgan fingerprint density at radius 1 is 1.00 bits per heavy atom. The molecule has 0 saturated carbocycles. The average molecular weight is 414 g/mol. The summed E-state index contributed by atoms with van der Waals surface area (Å²) in [4.78, 5) is 22.0. The van der Waals surface area contributed by atoms with E-state index in [2.05, 4.69) is 9.97 Å². The molecule has 1 heterocycles. The number of aromatic amines is 1. The predicted molar refractivity (Wildman–Crippen MR) is 122 cm³/mol. The van der Waals surface area contributed by atoms with Crippen LogP contribution in [0.25, 0.3) is 17.3 Å². The molecular formula is C25H20ClN3O. The number of imidazole rings is 1. The van der Waals surface area contributed by atoms with Crippen molar-refractivity contribution in [1.29, 1.82) is 0 Å². The summed E-state index contributed by atoms with van der Waals surface area (Å²) in [6, 6.07) is 25.2. The fourth-order valence-corrected chi connectivity index (χ4v) is 3.38. The summed E-state index contributed by atoms with van der Waals surface area (Å²) in [6.45, 7) is 0.419. The zero-order valence-electron chi connectivity index (χ0n) is 16.2. The second-order valence-electron chi connectivity index (χ2n) is 6.81. The number of carbonyl (C=O) groups excluding carboxylic acids is 1. The number of benzene rings is 3. The summed E-state index contributed by atoms with van der Waals surface area (Å²) in [6.07, 6.45) is 6.84. The summed E-state index contributed by atoms with van der Waals surface area (Å²) in [5.41, 5.74) is 4.68. The van der Waals surface area contributed by atoms with Crippen molar-refractivity contribution in [1.82, 2.24) is 9.97 Å². The van der Waals surface area contributed by atoms with Gasteiger partial charge in [0.25, 0.3) is 5.91 Å². The van der Waals surface area contributed by atoms with Crippen LogP contribution < -0.4 is 4.90 Å². The van der Waals surface area contributed by atoms with E-state index in [1.165, 1.54) is 0 Å². The van der Waals surface area contributed by atoms with Crippen molar-refractivity contribution in [2.24, 2.45) is 0 Å². The van der Waals surface area contributed by atoms with Gasteiger partial charge < -0.3 is 9.88 Å². The Kier molecular flexibility index (Phi) is 6.06. The fourth-order valence-electron chi connectivity index (χ4n) is 3.17. The van der Waals surface area contributed by atoms with Crippen LogP contribution >= 0.6 is 11.6 Å². The first-order valence-electron chi connectivity index (χ1n) is 9.57. The van der Waals surface area contributed by atoms with Crippen LogP contribution in [-0.2, 0) is 11.3 Å². The number of H-pyrrole nitrogens is 1. The molecule has 0 bridgehead atoms. The Morgan fingerprint density at radius 2 is 1.80 bits per heavy atom. The number of anilines is 1. The number of halogens is 1. The van der Waals surface area contributed by atoms with E-state index >= 15 is 0 Å². The number of carbonyl (C=O) groups is 1. The van der Waals surface area contributed by atoms with E-state index in [4.69, 9.17) is 11.6 Å². The highest BCUT2D eigenvalue weighted by Crippen LogP contribution is 2.24. The lowest BCUT2D eigenvalue weighted by Gasteiger charge is -2.22. The summed E-state index contributed by atoms with van der Waals surface area (Å²) in [5.74, 6) is -0.104. The number of hydrogen-bond acceptors (Lipinski definition) is 2. The third-order valence-electron chi connectivity index (χ3n) is 4.70. The normalized spacial score (nSPS) is 11.0. The Balaban J connectivity index is 1.62. The van der Waals surface area contributed by atoms with Crippen LogP contribution in [0.5, 0.6) is 0 Å². The van der Waals surface area contributed by atoms with Gasteiger partial charge >= 0.3 is 0 Å². The minimum absolute atomic E-state index is 0.104. The second kappa shape index (κ2) is 9.25. The van der Waals surface area contributed by atoms with Crippen LogP contribution in [0, 0.1) is 0 Å². The molecule has 0 aliphatic rings. The monoisotopic (exact) mass is 413 g/mol. The van der Waals surface area contributed by atoms with E-state index in [1.54, 1.807) is 23.5 Å². The quantitative estimate of drug-likeness (QED) is 0.395. The van der Waals surface area contributed by atoms with Crippen molar-refractivity contribution in [3.8, 4) is 11.3 Å². The van der Waals surface area contributed by atoms with Crippen molar-refractivity contribution in [2.75, 3.05) is 4.90 Å². The SMILES string of the molecule is O=C(C=Cc1ccccc1)N(Cc1cccc(Cl)c1)c1ccc(-c2cnc[nH]2)cc1. The topological polar surface area (TPSA) is 49.0 Å². The van der Waals surface area contributed by atoms with Gasteiger partial charge in [-0.3, -0.25) is 4.79 Å². The van der Waals surface area contributed by atoms with Gasteiger partial charge in [0.15, 0.2) is 0 Å². The van der Waals surface area contributed by atoms with E-state index in [0.29, 0.717) is 11.6 Å². The average Bonchev–Trinajstić information content (AvgIpc) is 3.32. The molecule has 3 aromatic carbocycles. The molecular weight excluding hydrogens is 394 g/mol. The summed E-state index contributed by atoms with van der Waals surface area (Å²) in [7, 11) is 0. The molecule has 1 amide bonds. The smallest absolute Gasteiger partial charge is 0.251 e. The molecule has 4 rings (SSSR count). The molecule has 0 unspecified atom stereocenters. The lowest BCUT2D eigenvalue weighted by Crippen LogP contribution is -2.28. The van der Waals surface area contributed by atoms with E-state index in [0.717, 1.165) is 28.1 Å². The molecule has 5 heteroatoms. The van der Waals surface area contributed by atoms with Crippen LogP contribution in [0.4, 0.5) is 5.69 Å². The van der Waals surface area contributed by atoms with E-state index in [1.807, 2.05) is 84.9 Å². The lowest BCUT2D eigenvalue weighted by molar-refractivity contribution is -0.114. The number of rotatable bonds is 6. The maximum absolute atomic E-state index is 13.1.